The zero-order valence-electron chi connectivity index (χ0n) is 40.3. The van der Waals surface area contributed by atoms with Gasteiger partial charge in [0.2, 0.25) is 0 Å². The molecular formula is C70H41N3OS. The molecule has 0 amide bonds. The Kier molecular flexibility index (Phi) is 9.09. The number of aromatic nitrogens is 3. The van der Waals surface area contributed by atoms with Crippen molar-refractivity contribution in [3.05, 3.63) is 271 Å². The first-order chi connectivity index (χ1) is 37.2. The summed E-state index contributed by atoms with van der Waals surface area (Å²) in [5.74, 6) is 1.82. The van der Waals surface area contributed by atoms with Crippen molar-refractivity contribution in [2.75, 3.05) is 0 Å². The second-order valence-electron chi connectivity index (χ2n) is 19.7. The molecule has 0 unspecified atom stereocenters. The van der Waals surface area contributed by atoms with E-state index in [0.29, 0.717) is 17.5 Å². The molecule has 3 heterocycles. The zero-order valence-corrected chi connectivity index (χ0v) is 41.1. The fraction of sp³-hybridized carbons (Fsp3) is 0.0143. The van der Waals surface area contributed by atoms with Crippen LogP contribution in [0.5, 0.6) is 0 Å². The molecule has 1 spiro atoms. The first-order valence-corrected chi connectivity index (χ1v) is 26.3. The third-order valence-electron chi connectivity index (χ3n) is 15.8. The maximum atomic E-state index is 6.71. The number of benzene rings is 11. The standard InChI is InChI=1S/C70H41N3OS/c1-2-17-42(18-3-1)43-19-13-22-47(40-43)67-71-68(73-69(72-67)56-31-15-29-54-52-26-7-11-36-63(52)75-66(54)56)55-30-16-35-62-64(55)57-41-45(37-38-61(57)74-62)44-20-12-21-46(39-44)48-27-14-28-53-51-25-6-10-34-60(51)70(65(48)53)58-32-8-4-23-49(58)50-24-5-9-33-59(50)70/h1-41H. The summed E-state index contributed by atoms with van der Waals surface area (Å²) in [6.07, 6.45) is 0. The van der Waals surface area contributed by atoms with Gasteiger partial charge < -0.3 is 4.42 Å². The van der Waals surface area contributed by atoms with Crippen molar-refractivity contribution in [2.45, 2.75) is 5.41 Å². The fourth-order valence-corrected chi connectivity index (χ4v) is 13.8. The Bertz CT molecular complexity index is 4620. The average Bonchev–Trinajstić information content (AvgIpc) is 4.40. The molecule has 0 bridgehead atoms. The first kappa shape index (κ1) is 42.0. The van der Waals surface area contributed by atoms with Gasteiger partial charge in [-0.1, -0.05) is 206 Å². The first-order valence-electron chi connectivity index (χ1n) is 25.5. The van der Waals surface area contributed by atoms with Crippen molar-refractivity contribution in [1.82, 2.24) is 15.0 Å². The molecule has 5 heteroatoms. The second-order valence-corrected chi connectivity index (χ2v) is 20.8. The van der Waals surface area contributed by atoms with Gasteiger partial charge in [-0.25, -0.2) is 15.0 Å². The van der Waals surface area contributed by atoms with Gasteiger partial charge >= 0.3 is 0 Å². The third kappa shape index (κ3) is 6.19. The predicted octanol–water partition coefficient (Wildman–Crippen LogP) is 18.5. The van der Waals surface area contributed by atoms with Crippen LogP contribution in [-0.4, -0.2) is 15.0 Å². The van der Waals surface area contributed by atoms with E-state index in [1.54, 1.807) is 11.3 Å². The maximum absolute atomic E-state index is 6.71. The van der Waals surface area contributed by atoms with Gasteiger partial charge in [0.25, 0.3) is 0 Å². The molecule has 0 N–H and O–H groups in total. The highest BCUT2D eigenvalue weighted by molar-refractivity contribution is 7.26. The van der Waals surface area contributed by atoms with Gasteiger partial charge in [0.1, 0.15) is 11.2 Å². The van der Waals surface area contributed by atoms with Crippen LogP contribution in [0.3, 0.4) is 0 Å². The summed E-state index contributed by atoms with van der Waals surface area (Å²) >= 11 is 1.78. The summed E-state index contributed by atoms with van der Waals surface area (Å²) in [6.45, 7) is 0. The maximum Gasteiger partial charge on any atom is 0.165 e. The van der Waals surface area contributed by atoms with Crippen LogP contribution in [0.15, 0.2) is 253 Å². The van der Waals surface area contributed by atoms with E-state index in [1.165, 1.54) is 71.1 Å². The molecule has 0 radical (unpaired) electrons. The molecule has 0 saturated carbocycles. The van der Waals surface area contributed by atoms with Gasteiger partial charge in [0.15, 0.2) is 17.5 Å². The van der Waals surface area contributed by atoms with Gasteiger partial charge in [0.05, 0.1) is 5.41 Å². The predicted molar refractivity (Wildman–Crippen MR) is 309 cm³/mol. The Morgan fingerprint density at radius 1 is 0.307 bits per heavy atom. The Labute approximate surface area is 436 Å². The van der Waals surface area contributed by atoms with Crippen LogP contribution < -0.4 is 0 Å². The molecule has 14 aromatic rings. The summed E-state index contributed by atoms with van der Waals surface area (Å²) < 4.78 is 9.09. The summed E-state index contributed by atoms with van der Waals surface area (Å²) in [7, 11) is 0. The molecule has 2 aliphatic carbocycles. The Balaban J connectivity index is 0.867. The van der Waals surface area contributed by atoms with Gasteiger partial charge in [-0.3, -0.25) is 0 Å². The quantitative estimate of drug-likeness (QED) is 0.167. The monoisotopic (exact) mass is 971 g/mol. The highest BCUT2D eigenvalue weighted by Crippen LogP contribution is 2.64. The largest absolute Gasteiger partial charge is 0.456 e. The van der Waals surface area contributed by atoms with Crippen LogP contribution in [0.2, 0.25) is 0 Å². The lowest BCUT2D eigenvalue weighted by atomic mass is 9.68. The molecule has 0 aliphatic heterocycles. The van der Waals surface area contributed by atoms with Gasteiger partial charge in [-0.15, -0.1) is 11.3 Å². The highest BCUT2D eigenvalue weighted by Gasteiger charge is 2.52. The molecule has 4 nitrogen and oxygen atoms in total. The van der Waals surface area contributed by atoms with Gasteiger partial charge in [-0.2, -0.15) is 0 Å². The molecule has 0 saturated heterocycles. The number of nitrogens with zero attached hydrogens (tertiary/aromatic N) is 3. The molecule has 11 aromatic carbocycles. The van der Waals surface area contributed by atoms with Crippen molar-refractivity contribution in [3.8, 4) is 89.8 Å². The molecule has 75 heavy (non-hydrogen) atoms. The van der Waals surface area contributed by atoms with Crippen LogP contribution in [0.25, 0.3) is 132 Å². The van der Waals surface area contributed by atoms with E-state index in [0.717, 1.165) is 65.6 Å². The van der Waals surface area contributed by atoms with E-state index in [2.05, 4.69) is 231 Å². The summed E-state index contributed by atoms with van der Waals surface area (Å²) in [6, 6.07) is 89.8. The molecule has 3 aromatic heterocycles. The SMILES string of the molecule is c1ccc(-c2cccc(-c3nc(-c4cccc5c4sc4ccccc45)nc(-c4cccc5oc6ccc(-c7cccc(-c8cccc9c8C8(c%10ccccc%10-c%10ccccc%108)c8ccccc8-9)c7)cc6c45)n3)c2)cc1. The van der Waals surface area contributed by atoms with Crippen LogP contribution in [0, 0.1) is 0 Å². The summed E-state index contributed by atoms with van der Waals surface area (Å²) in [4.78, 5) is 16.1. The van der Waals surface area contributed by atoms with Crippen LogP contribution in [-0.2, 0) is 5.41 Å². The van der Waals surface area contributed by atoms with E-state index in [1.807, 2.05) is 18.2 Å². The topological polar surface area (TPSA) is 51.8 Å². The number of hydrogen-bond acceptors (Lipinski definition) is 5. The summed E-state index contributed by atoms with van der Waals surface area (Å²) in [5.41, 5.74) is 21.3. The summed E-state index contributed by atoms with van der Waals surface area (Å²) in [5, 5.41) is 4.38. The molecule has 16 rings (SSSR count). The number of hydrogen-bond donors (Lipinski definition) is 0. The van der Waals surface area contributed by atoms with Crippen molar-refractivity contribution in [1.29, 1.82) is 0 Å². The van der Waals surface area contributed by atoms with E-state index in [9.17, 15) is 0 Å². The average molecular weight is 972 g/mol. The molecular weight excluding hydrogens is 931 g/mol. The number of thiophene rings is 1. The Morgan fingerprint density at radius 2 is 0.813 bits per heavy atom. The molecule has 0 atom stereocenters. The lowest BCUT2D eigenvalue weighted by molar-refractivity contribution is 0.669. The van der Waals surface area contributed by atoms with Gasteiger partial charge in [0, 0.05) is 47.6 Å². The highest BCUT2D eigenvalue weighted by atomic mass is 32.1. The van der Waals surface area contributed by atoms with E-state index in [-0.39, 0.29) is 0 Å². The van der Waals surface area contributed by atoms with E-state index < -0.39 is 5.41 Å². The Hall–Kier alpha value is -9.55. The smallest absolute Gasteiger partial charge is 0.165 e. The van der Waals surface area contributed by atoms with Crippen molar-refractivity contribution in [2.24, 2.45) is 0 Å². The minimum Gasteiger partial charge on any atom is -0.456 e. The Morgan fingerprint density at radius 3 is 1.60 bits per heavy atom. The normalized spacial score (nSPS) is 12.9. The molecule has 348 valence electrons. The fourth-order valence-electron chi connectivity index (χ4n) is 12.6. The minimum atomic E-state index is -0.458. The van der Waals surface area contributed by atoms with Crippen molar-refractivity contribution < 1.29 is 4.42 Å². The van der Waals surface area contributed by atoms with Crippen LogP contribution >= 0.6 is 11.3 Å². The minimum absolute atomic E-state index is 0.458. The number of fused-ring (bicyclic) bond motifs is 16. The number of furan rings is 1. The molecule has 2 aliphatic rings. The van der Waals surface area contributed by atoms with E-state index >= 15 is 0 Å². The van der Waals surface area contributed by atoms with E-state index in [4.69, 9.17) is 19.4 Å². The second kappa shape index (κ2) is 16.2. The lowest BCUT2D eigenvalue weighted by Gasteiger charge is -2.32. The van der Waals surface area contributed by atoms with Crippen LogP contribution in [0.1, 0.15) is 22.3 Å². The van der Waals surface area contributed by atoms with Crippen LogP contribution in [0.4, 0.5) is 0 Å². The van der Waals surface area contributed by atoms with Crippen molar-refractivity contribution >= 4 is 53.4 Å². The number of rotatable bonds is 6. The zero-order chi connectivity index (χ0) is 49.2. The third-order valence-corrected chi connectivity index (χ3v) is 17.0. The lowest BCUT2D eigenvalue weighted by Crippen LogP contribution is -2.26. The molecule has 0 fully saturated rings. The van der Waals surface area contributed by atoms with Gasteiger partial charge in [-0.05, 0) is 120 Å². The van der Waals surface area contributed by atoms with Crippen molar-refractivity contribution in [3.63, 3.8) is 0 Å².